The molecule has 0 aromatic rings. The van der Waals surface area contributed by atoms with Gasteiger partial charge in [0, 0.05) is 6.61 Å². The van der Waals surface area contributed by atoms with Crippen LogP contribution in [0, 0.1) is 5.92 Å². The third-order valence-electron chi connectivity index (χ3n) is 6.47. The van der Waals surface area contributed by atoms with Crippen molar-refractivity contribution in [3.8, 4) is 0 Å². The third kappa shape index (κ3) is 9.25. The third-order valence-corrected chi connectivity index (χ3v) is 11.0. The topological polar surface area (TPSA) is 27.7 Å². The molecule has 0 aromatic carbocycles. The Hall–Kier alpha value is -0.163. The highest BCUT2D eigenvalue weighted by molar-refractivity contribution is 6.74. The van der Waals surface area contributed by atoms with Gasteiger partial charge in [0.15, 0.2) is 14.6 Å². The molecule has 0 aliphatic carbocycles. The molecule has 0 aromatic heterocycles. The molecule has 160 valence electrons. The standard InChI is InChI=1S/C23H46O3Si/c1-9-21(26-27(7,8)23(4,5)6)16-12-10-11-15-19(2)20(3)25-22-17-13-14-18-24-22/h9,19-22H,1,10-18H2,2-8H3/t19-,20-,21-,22?/m1/s1. The van der Waals surface area contributed by atoms with Gasteiger partial charge in [-0.1, -0.05) is 53.0 Å². The van der Waals surface area contributed by atoms with E-state index in [1.807, 2.05) is 6.08 Å². The van der Waals surface area contributed by atoms with Crippen molar-refractivity contribution in [2.24, 2.45) is 5.92 Å². The maximum absolute atomic E-state index is 6.49. The van der Waals surface area contributed by atoms with Gasteiger partial charge in [0.1, 0.15) is 0 Å². The van der Waals surface area contributed by atoms with Gasteiger partial charge in [-0.05, 0) is 63.1 Å². The van der Waals surface area contributed by atoms with Crippen LogP contribution in [0.3, 0.4) is 0 Å². The Morgan fingerprint density at radius 3 is 2.33 bits per heavy atom. The first-order valence-corrected chi connectivity index (χ1v) is 14.0. The molecule has 0 bridgehead atoms. The zero-order valence-electron chi connectivity index (χ0n) is 19.2. The van der Waals surface area contributed by atoms with Gasteiger partial charge in [0.05, 0.1) is 12.2 Å². The maximum atomic E-state index is 6.49. The van der Waals surface area contributed by atoms with Crippen LogP contribution in [0.25, 0.3) is 0 Å². The van der Waals surface area contributed by atoms with Gasteiger partial charge in [-0.3, -0.25) is 0 Å². The molecule has 0 radical (unpaired) electrons. The van der Waals surface area contributed by atoms with E-state index in [4.69, 9.17) is 13.9 Å². The van der Waals surface area contributed by atoms with Crippen LogP contribution in [0.15, 0.2) is 12.7 Å². The van der Waals surface area contributed by atoms with E-state index in [0.29, 0.717) is 5.92 Å². The lowest BCUT2D eigenvalue weighted by Gasteiger charge is -2.38. The Balaban J connectivity index is 2.21. The summed E-state index contributed by atoms with van der Waals surface area (Å²) in [7, 11) is -1.71. The summed E-state index contributed by atoms with van der Waals surface area (Å²) in [6.07, 6.45) is 12.0. The lowest BCUT2D eigenvalue weighted by Crippen LogP contribution is -2.43. The lowest BCUT2D eigenvalue weighted by atomic mass is 9.97. The minimum Gasteiger partial charge on any atom is -0.411 e. The fourth-order valence-electron chi connectivity index (χ4n) is 3.20. The highest BCUT2D eigenvalue weighted by Gasteiger charge is 2.38. The number of hydrogen-bond acceptors (Lipinski definition) is 3. The van der Waals surface area contributed by atoms with Gasteiger partial charge < -0.3 is 13.9 Å². The molecule has 1 heterocycles. The van der Waals surface area contributed by atoms with Gasteiger partial charge >= 0.3 is 0 Å². The van der Waals surface area contributed by atoms with Gasteiger partial charge in [0.25, 0.3) is 0 Å². The van der Waals surface area contributed by atoms with Crippen molar-refractivity contribution < 1.29 is 13.9 Å². The van der Waals surface area contributed by atoms with Crippen molar-refractivity contribution in [1.29, 1.82) is 0 Å². The second kappa shape index (κ2) is 11.7. The van der Waals surface area contributed by atoms with Gasteiger partial charge in [-0.15, -0.1) is 6.58 Å². The number of unbranched alkanes of at least 4 members (excludes halogenated alkanes) is 2. The summed E-state index contributed by atoms with van der Waals surface area (Å²) in [4.78, 5) is 0. The van der Waals surface area contributed by atoms with Crippen molar-refractivity contribution in [2.75, 3.05) is 6.61 Å². The second-order valence-corrected chi connectivity index (χ2v) is 14.7. The molecule has 1 fully saturated rings. The van der Waals surface area contributed by atoms with Crippen LogP contribution >= 0.6 is 0 Å². The molecular formula is C23H46O3Si. The molecule has 27 heavy (non-hydrogen) atoms. The van der Waals surface area contributed by atoms with E-state index in [1.54, 1.807) is 0 Å². The molecule has 1 aliphatic heterocycles. The average Bonchev–Trinajstić information content (AvgIpc) is 2.59. The average molecular weight is 399 g/mol. The Morgan fingerprint density at radius 2 is 1.78 bits per heavy atom. The van der Waals surface area contributed by atoms with Crippen molar-refractivity contribution in [1.82, 2.24) is 0 Å². The number of rotatable bonds is 12. The summed E-state index contributed by atoms with van der Waals surface area (Å²) in [5, 5.41) is 0.252. The summed E-state index contributed by atoms with van der Waals surface area (Å²) in [5.74, 6) is 0.578. The van der Waals surface area contributed by atoms with E-state index in [-0.39, 0.29) is 23.5 Å². The molecule has 4 heteroatoms. The Kier molecular flexibility index (Phi) is 10.8. The second-order valence-electron chi connectivity index (χ2n) is 9.90. The van der Waals surface area contributed by atoms with Crippen molar-refractivity contribution in [3.63, 3.8) is 0 Å². The SMILES string of the molecule is C=C[C@H](CCCCC[C@@H](C)[C@@H](C)OC1CCCCO1)O[Si](C)(C)C(C)(C)C. The minimum atomic E-state index is -1.71. The number of ether oxygens (including phenoxy) is 2. The Bertz CT molecular complexity index is 410. The molecule has 4 atom stereocenters. The van der Waals surface area contributed by atoms with Crippen LogP contribution in [0.5, 0.6) is 0 Å². The Morgan fingerprint density at radius 1 is 1.11 bits per heavy atom. The zero-order valence-corrected chi connectivity index (χ0v) is 20.2. The first kappa shape index (κ1) is 24.9. The van der Waals surface area contributed by atoms with Crippen LogP contribution in [0.2, 0.25) is 18.1 Å². The largest absolute Gasteiger partial charge is 0.411 e. The fourth-order valence-corrected chi connectivity index (χ4v) is 4.52. The normalized spacial score (nSPS) is 22.3. The summed E-state index contributed by atoms with van der Waals surface area (Å²) >= 11 is 0. The highest BCUT2D eigenvalue weighted by Crippen LogP contribution is 2.38. The monoisotopic (exact) mass is 398 g/mol. The molecular weight excluding hydrogens is 352 g/mol. The van der Waals surface area contributed by atoms with Gasteiger partial charge in [-0.25, -0.2) is 0 Å². The first-order chi connectivity index (χ1) is 12.6. The molecule has 1 aliphatic rings. The van der Waals surface area contributed by atoms with Crippen LogP contribution in [0.1, 0.15) is 86.0 Å². The van der Waals surface area contributed by atoms with Crippen molar-refractivity contribution >= 4 is 8.32 Å². The van der Waals surface area contributed by atoms with Crippen LogP contribution in [-0.2, 0) is 13.9 Å². The summed E-state index contributed by atoms with van der Waals surface area (Å²) in [6.45, 7) is 20.9. The highest BCUT2D eigenvalue weighted by atomic mass is 28.4. The molecule has 3 nitrogen and oxygen atoms in total. The molecule has 0 saturated carbocycles. The molecule has 0 spiro atoms. The van der Waals surface area contributed by atoms with E-state index in [1.165, 1.54) is 38.5 Å². The molecule has 0 amide bonds. The zero-order chi connectivity index (χ0) is 20.5. The quantitative estimate of drug-likeness (QED) is 0.200. The molecule has 1 saturated heterocycles. The van der Waals surface area contributed by atoms with E-state index < -0.39 is 8.32 Å². The van der Waals surface area contributed by atoms with E-state index in [9.17, 15) is 0 Å². The lowest BCUT2D eigenvalue weighted by molar-refractivity contribution is -0.193. The van der Waals surface area contributed by atoms with E-state index in [2.05, 4.69) is 54.3 Å². The van der Waals surface area contributed by atoms with Crippen LogP contribution in [-0.4, -0.2) is 33.4 Å². The van der Waals surface area contributed by atoms with Crippen molar-refractivity contribution in [3.05, 3.63) is 12.7 Å². The van der Waals surface area contributed by atoms with Crippen molar-refractivity contribution in [2.45, 2.75) is 123 Å². The van der Waals surface area contributed by atoms with Crippen LogP contribution < -0.4 is 0 Å². The molecule has 0 N–H and O–H groups in total. The van der Waals surface area contributed by atoms with E-state index >= 15 is 0 Å². The smallest absolute Gasteiger partial charge is 0.192 e. The van der Waals surface area contributed by atoms with Gasteiger partial charge in [0.2, 0.25) is 0 Å². The summed E-state index contributed by atoms with van der Waals surface area (Å²) < 4.78 is 18.3. The first-order valence-electron chi connectivity index (χ1n) is 11.1. The van der Waals surface area contributed by atoms with E-state index in [0.717, 1.165) is 19.4 Å². The number of hydrogen-bond donors (Lipinski definition) is 0. The minimum absolute atomic E-state index is 0.0250. The van der Waals surface area contributed by atoms with Crippen LogP contribution in [0.4, 0.5) is 0 Å². The Labute approximate surface area is 170 Å². The molecule has 1 rings (SSSR count). The predicted octanol–water partition coefficient (Wildman–Crippen LogP) is 7.08. The van der Waals surface area contributed by atoms with Gasteiger partial charge in [-0.2, -0.15) is 0 Å². The predicted molar refractivity (Wildman–Crippen MR) is 119 cm³/mol. The maximum Gasteiger partial charge on any atom is 0.192 e. The summed E-state index contributed by atoms with van der Waals surface area (Å²) in [6, 6.07) is 0. The molecule has 1 unspecified atom stereocenters. The summed E-state index contributed by atoms with van der Waals surface area (Å²) in [5.41, 5.74) is 0. The fraction of sp³-hybridized carbons (Fsp3) is 0.913.